The number of morpholine rings is 1. The van der Waals surface area contributed by atoms with Gasteiger partial charge in [-0.15, -0.1) is 11.3 Å². The van der Waals surface area contributed by atoms with Gasteiger partial charge in [0, 0.05) is 63.6 Å². The maximum absolute atomic E-state index is 13.5. The Morgan fingerprint density at radius 3 is 2.63 bits per heavy atom. The Morgan fingerprint density at radius 2 is 1.90 bits per heavy atom. The fourth-order valence-corrected chi connectivity index (χ4v) is 5.41. The number of hydrogen-bond acceptors (Lipinski definition) is 6. The number of fused-ring (bicyclic) bond motifs is 1. The van der Waals surface area contributed by atoms with Gasteiger partial charge in [0.15, 0.2) is 0 Å². The molecule has 0 aliphatic carbocycles. The van der Waals surface area contributed by atoms with E-state index in [2.05, 4.69) is 17.0 Å². The Morgan fingerprint density at radius 1 is 1.13 bits per heavy atom. The molecule has 8 heteroatoms. The van der Waals surface area contributed by atoms with E-state index >= 15 is 0 Å². The molecule has 2 fully saturated rings. The quantitative estimate of drug-likeness (QED) is 0.727. The molecule has 3 heterocycles. The molecule has 2 amide bonds. The van der Waals surface area contributed by atoms with Gasteiger partial charge >= 0.3 is 0 Å². The molecule has 7 nitrogen and oxygen atoms in total. The number of thiophene rings is 1. The van der Waals surface area contributed by atoms with Crippen molar-refractivity contribution in [2.45, 2.75) is 13.0 Å². The van der Waals surface area contributed by atoms with Crippen LogP contribution in [0.25, 0.3) is 10.1 Å². The fraction of sp³-hybridized carbons (Fsp3) is 0.545. The number of amides is 2. The molecule has 2 aromatic rings. The average Bonchev–Trinajstić information content (AvgIpc) is 3.17. The third-order valence-electron chi connectivity index (χ3n) is 5.93. The molecule has 2 aliphatic rings. The summed E-state index contributed by atoms with van der Waals surface area (Å²) in [6.45, 7) is 7.89. The molecule has 0 spiro atoms. The smallest absolute Gasteiger partial charge is 0.264 e. The molecular weight excluding hydrogens is 402 g/mol. The average molecular weight is 432 g/mol. The van der Waals surface area contributed by atoms with E-state index in [9.17, 15) is 9.59 Å². The number of ether oxygens (including phenoxy) is 2. The second-order valence-electron chi connectivity index (χ2n) is 7.79. The van der Waals surface area contributed by atoms with Crippen LogP contribution < -0.4 is 0 Å². The van der Waals surface area contributed by atoms with Crippen molar-refractivity contribution in [2.24, 2.45) is 0 Å². The van der Waals surface area contributed by atoms with Gasteiger partial charge in [-0.25, -0.2) is 0 Å². The van der Waals surface area contributed by atoms with E-state index in [4.69, 9.17) is 9.47 Å². The highest BCUT2D eigenvalue weighted by molar-refractivity contribution is 7.21. The van der Waals surface area contributed by atoms with Crippen LogP contribution in [0.4, 0.5) is 0 Å². The zero-order valence-electron chi connectivity index (χ0n) is 17.6. The Bertz CT molecular complexity index is 907. The lowest BCUT2D eigenvalue weighted by Gasteiger charge is -2.35. The third-order valence-corrected chi connectivity index (χ3v) is 7.11. The molecule has 0 bridgehead atoms. The van der Waals surface area contributed by atoms with Gasteiger partial charge in [-0.2, -0.15) is 0 Å². The minimum Gasteiger partial charge on any atom is -0.383 e. The van der Waals surface area contributed by atoms with Crippen LogP contribution in [-0.2, 0) is 14.3 Å². The minimum absolute atomic E-state index is 0.0443. The molecule has 1 aromatic heterocycles. The number of methoxy groups -OCH3 is 1. The van der Waals surface area contributed by atoms with Crippen LogP contribution in [-0.4, -0.2) is 92.7 Å². The summed E-state index contributed by atoms with van der Waals surface area (Å²) in [6.07, 6.45) is -0.277. The van der Waals surface area contributed by atoms with Crippen molar-refractivity contribution in [3.8, 4) is 0 Å². The number of hydrogen-bond donors (Lipinski definition) is 0. The molecule has 1 atom stereocenters. The first-order valence-corrected chi connectivity index (χ1v) is 11.3. The number of carbonyl (C=O) groups is 2. The highest BCUT2D eigenvalue weighted by Gasteiger charge is 2.32. The molecule has 2 saturated heterocycles. The van der Waals surface area contributed by atoms with E-state index in [1.54, 1.807) is 14.0 Å². The Hall–Kier alpha value is -2.00. The first kappa shape index (κ1) is 21.2. The lowest BCUT2D eigenvalue weighted by Crippen LogP contribution is -2.49. The number of carbonyl (C=O) groups excluding carboxylic acids is 2. The van der Waals surface area contributed by atoms with Gasteiger partial charge in [-0.3, -0.25) is 14.5 Å². The number of benzene rings is 1. The topological polar surface area (TPSA) is 62.3 Å². The van der Waals surface area contributed by atoms with E-state index in [0.29, 0.717) is 39.4 Å². The first-order valence-electron chi connectivity index (χ1n) is 10.5. The summed E-state index contributed by atoms with van der Waals surface area (Å²) >= 11 is 1.54. The third kappa shape index (κ3) is 4.37. The molecule has 0 unspecified atom stereocenters. The maximum atomic E-state index is 13.5. The van der Waals surface area contributed by atoms with E-state index in [-0.39, 0.29) is 17.9 Å². The van der Waals surface area contributed by atoms with Crippen molar-refractivity contribution in [3.63, 3.8) is 0 Å². The van der Waals surface area contributed by atoms with Crippen molar-refractivity contribution in [1.82, 2.24) is 14.7 Å². The van der Waals surface area contributed by atoms with Gasteiger partial charge < -0.3 is 19.3 Å². The minimum atomic E-state index is -0.277. The van der Waals surface area contributed by atoms with E-state index in [1.165, 1.54) is 11.3 Å². The summed E-state index contributed by atoms with van der Waals surface area (Å²) in [5.41, 5.74) is 0.938. The van der Waals surface area contributed by atoms with Crippen molar-refractivity contribution in [3.05, 3.63) is 34.7 Å². The lowest BCUT2D eigenvalue weighted by atomic mass is 10.0. The van der Waals surface area contributed by atoms with Gasteiger partial charge in [0.05, 0.1) is 24.6 Å². The molecule has 162 valence electrons. The molecular formula is C22H29N3O4S. The van der Waals surface area contributed by atoms with Gasteiger partial charge in [-0.1, -0.05) is 18.2 Å². The van der Waals surface area contributed by atoms with Gasteiger partial charge in [0.1, 0.15) is 6.10 Å². The van der Waals surface area contributed by atoms with Crippen molar-refractivity contribution < 1.29 is 19.1 Å². The fourth-order valence-electron chi connectivity index (χ4n) is 4.19. The molecule has 0 saturated carbocycles. The van der Waals surface area contributed by atoms with Crippen LogP contribution in [0.1, 0.15) is 28.3 Å². The molecule has 2 aliphatic heterocycles. The molecule has 0 radical (unpaired) electrons. The lowest BCUT2D eigenvalue weighted by molar-refractivity contribution is -0.136. The van der Waals surface area contributed by atoms with Gasteiger partial charge in [0.2, 0.25) is 5.91 Å². The van der Waals surface area contributed by atoms with Crippen LogP contribution in [0.3, 0.4) is 0 Å². The highest BCUT2D eigenvalue weighted by atomic mass is 32.1. The second kappa shape index (κ2) is 9.43. The molecule has 0 N–H and O–H groups in total. The Kier molecular flexibility index (Phi) is 6.67. The van der Waals surface area contributed by atoms with Gasteiger partial charge in [0.25, 0.3) is 5.91 Å². The number of nitrogens with zero attached hydrogens (tertiary/aromatic N) is 3. The standard InChI is InChI=1S/C22H29N3O4S/c1-16(26)25-12-14-29-18(15-25)20-17-5-3-4-6-19(17)30-21(20)22(27)24-9-7-23(8-10-24)11-13-28-2/h3-6,18H,7-15H2,1-2H3/t18-/m1/s1. The monoisotopic (exact) mass is 431 g/mol. The second-order valence-corrected chi connectivity index (χ2v) is 8.84. The number of rotatable bonds is 5. The van der Waals surface area contributed by atoms with Crippen molar-refractivity contribution in [1.29, 1.82) is 0 Å². The van der Waals surface area contributed by atoms with Crippen LogP contribution in [0, 0.1) is 0 Å². The Labute approximate surface area is 181 Å². The van der Waals surface area contributed by atoms with E-state index in [1.807, 2.05) is 21.9 Å². The van der Waals surface area contributed by atoms with Crippen LogP contribution in [0.5, 0.6) is 0 Å². The predicted molar refractivity (Wildman–Crippen MR) is 117 cm³/mol. The van der Waals surface area contributed by atoms with Crippen LogP contribution in [0.2, 0.25) is 0 Å². The van der Waals surface area contributed by atoms with Crippen LogP contribution >= 0.6 is 11.3 Å². The van der Waals surface area contributed by atoms with Crippen molar-refractivity contribution in [2.75, 3.05) is 66.1 Å². The SMILES string of the molecule is COCCN1CCN(C(=O)c2sc3ccccc3c2[C@H]2CN(C(C)=O)CCO2)CC1. The van der Waals surface area contributed by atoms with Gasteiger partial charge in [-0.05, 0) is 11.5 Å². The summed E-state index contributed by atoms with van der Waals surface area (Å²) in [5, 5.41) is 1.06. The first-order chi connectivity index (χ1) is 14.6. The summed E-state index contributed by atoms with van der Waals surface area (Å²) < 4.78 is 12.3. The highest BCUT2D eigenvalue weighted by Crippen LogP contribution is 2.39. The molecule has 1 aromatic carbocycles. The summed E-state index contributed by atoms with van der Waals surface area (Å²) in [5.74, 6) is 0.115. The molecule has 30 heavy (non-hydrogen) atoms. The summed E-state index contributed by atoms with van der Waals surface area (Å²) in [7, 11) is 1.71. The van der Waals surface area contributed by atoms with Crippen molar-refractivity contribution >= 4 is 33.2 Å². The zero-order chi connectivity index (χ0) is 21.1. The normalized spacial score (nSPS) is 20.7. The number of piperazine rings is 1. The van der Waals surface area contributed by atoms with E-state index < -0.39 is 0 Å². The summed E-state index contributed by atoms with van der Waals surface area (Å²) in [4.78, 5) is 32.3. The molecule has 4 rings (SSSR count). The predicted octanol–water partition coefficient (Wildman–Crippen LogP) is 2.23. The maximum Gasteiger partial charge on any atom is 0.264 e. The Balaban J connectivity index is 1.59. The van der Waals surface area contributed by atoms with E-state index in [0.717, 1.165) is 40.2 Å². The summed E-state index contributed by atoms with van der Waals surface area (Å²) in [6, 6.07) is 8.09. The zero-order valence-corrected chi connectivity index (χ0v) is 18.5. The van der Waals surface area contributed by atoms with Crippen LogP contribution in [0.15, 0.2) is 24.3 Å². The largest absolute Gasteiger partial charge is 0.383 e.